The Balaban J connectivity index is 1.69. The first-order valence-corrected chi connectivity index (χ1v) is 9.76. The van der Waals surface area contributed by atoms with Crippen LogP contribution in [0.25, 0.3) is 17.1 Å². The van der Waals surface area contributed by atoms with Crippen LogP contribution < -0.4 is 9.47 Å². The van der Waals surface area contributed by atoms with Crippen LogP contribution in [0, 0.1) is 0 Å². The molecule has 0 atom stereocenters. The van der Waals surface area contributed by atoms with Gasteiger partial charge in [0.15, 0.2) is 11.5 Å². The quantitative estimate of drug-likeness (QED) is 0.544. The largest absolute Gasteiger partial charge is 0.493 e. The maximum Gasteiger partial charge on any atom is 0.246 e. The summed E-state index contributed by atoms with van der Waals surface area (Å²) in [5.74, 6) is 1.64. The van der Waals surface area contributed by atoms with Crippen molar-refractivity contribution >= 4 is 34.6 Å². The summed E-state index contributed by atoms with van der Waals surface area (Å²) in [5, 5.41) is 0.445. The highest BCUT2D eigenvalue weighted by atomic mass is 35.5. The number of methoxy groups -OCH3 is 1. The van der Waals surface area contributed by atoms with Crippen LogP contribution in [0.3, 0.4) is 0 Å². The van der Waals surface area contributed by atoms with E-state index in [9.17, 15) is 4.79 Å². The third kappa shape index (κ3) is 5.09. The highest BCUT2D eigenvalue weighted by Gasteiger charge is 2.12. The summed E-state index contributed by atoms with van der Waals surface area (Å²) in [6.07, 6.45) is 4.07. The number of carbonyl (C=O) groups excluding carboxylic acids is 1. The SMILES string of the molecule is CCCOc1c(Cl)cc(/C=C/C(=O)N(C)Cc2nc3ccccc3[nH]2)cc1OC. The normalized spacial score (nSPS) is 11.2. The maximum absolute atomic E-state index is 12.5. The van der Waals surface area contributed by atoms with E-state index >= 15 is 0 Å². The molecule has 1 aromatic heterocycles. The number of nitrogens with zero attached hydrogens (tertiary/aromatic N) is 2. The number of amides is 1. The number of fused-ring (bicyclic) bond motifs is 1. The molecule has 0 aliphatic rings. The van der Waals surface area contributed by atoms with Crippen LogP contribution in [-0.2, 0) is 11.3 Å². The molecular formula is C22H24ClN3O3. The number of imidazole rings is 1. The standard InChI is InChI=1S/C22H24ClN3O3/c1-4-11-29-22-16(23)12-15(13-19(22)28-3)9-10-21(27)26(2)14-20-24-17-7-5-6-8-18(17)25-20/h5-10,12-13H,4,11,14H2,1-3H3,(H,24,25)/b10-9+. The molecule has 2 aromatic carbocycles. The molecule has 0 aliphatic carbocycles. The number of H-pyrrole nitrogens is 1. The van der Waals surface area contributed by atoms with Gasteiger partial charge in [0, 0.05) is 13.1 Å². The second-order valence-electron chi connectivity index (χ2n) is 6.61. The third-order valence-corrected chi connectivity index (χ3v) is 4.60. The van der Waals surface area contributed by atoms with Gasteiger partial charge >= 0.3 is 0 Å². The Morgan fingerprint density at radius 2 is 2.10 bits per heavy atom. The van der Waals surface area contributed by atoms with Gasteiger partial charge < -0.3 is 19.4 Å². The maximum atomic E-state index is 12.5. The van der Waals surface area contributed by atoms with Crippen LogP contribution in [-0.4, -0.2) is 41.5 Å². The Morgan fingerprint density at radius 3 is 2.83 bits per heavy atom. The zero-order valence-electron chi connectivity index (χ0n) is 16.7. The Kier molecular flexibility index (Phi) is 6.77. The molecule has 1 amide bonds. The summed E-state index contributed by atoms with van der Waals surface area (Å²) >= 11 is 6.33. The van der Waals surface area contributed by atoms with Crippen molar-refractivity contribution < 1.29 is 14.3 Å². The number of halogens is 1. The number of carbonyl (C=O) groups is 1. The molecule has 0 saturated heterocycles. The Hall–Kier alpha value is -2.99. The Bertz CT molecular complexity index is 996. The number of aromatic amines is 1. The number of ether oxygens (including phenoxy) is 2. The lowest BCUT2D eigenvalue weighted by molar-refractivity contribution is -0.125. The predicted molar refractivity (Wildman–Crippen MR) is 115 cm³/mol. The summed E-state index contributed by atoms with van der Waals surface area (Å²) in [7, 11) is 3.29. The minimum Gasteiger partial charge on any atom is -0.493 e. The lowest BCUT2D eigenvalue weighted by Gasteiger charge is -2.14. The summed E-state index contributed by atoms with van der Waals surface area (Å²) in [4.78, 5) is 21.8. The highest BCUT2D eigenvalue weighted by Crippen LogP contribution is 2.36. The van der Waals surface area contributed by atoms with Gasteiger partial charge in [-0.2, -0.15) is 0 Å². The number of benzene rings is 2. The lowest BCUT2D eigenvalue weighted by atomic mass is 10.2. The number of rotatable bonds is 8. The average molecular weight is 414 g/mol. The fourth-order valence-electron chi connectivity index (χ4n) is 2.86. The van der Waals surface area contributed by atoms with Crippen molar-refractivity contribution in [1.29, 1.82) is 0 Å². The third-order valence-electron chi connectivity index (χ3n) is 4.32. The topological polar surface area (TPSA) is 67.5 Å². The molecule has 0 saturated carbocycles. The fourth-order valence-corrected chi connectivity index (χ4v) is 3.13. The van der Waals surface area contributed by atoms with Crippen LogP contribution >= 0.6 is 11.6 Å². The van der Waals surface area contributed by atoms with Crippen LogP contribution in [0.2, 0.25) is 5.02 Å². The number of aromatic nitrogens is 2. The molecule has 0 aliphatic heterocycles. The molecule has 1 N–H and O–H groups in total. The van der Waals surface area contributed by atoms with Gasteiger partial charge in [-0.05, 0) is 42.3 Å². The first-order chi connectivity index (χ1) is 14.0. The smallest absolute Gasteiger partial charge is 0.246 e. The monoisotopic (exact) mass is 413 g/mol. The van der Waals surface area contributed by atoms with E-state index in [2.05, 4.69) is 9.97 Å². The molecule has 0 unspecified atom stereocenters. The van der Waals surface area contributed by atoms with Gasteiger partial charge in [0.1, 0.15) is 5.82 Å². The van der Waals surface area contributed by atoms with E-state index in [1.54, 1.807) is 37.3 Å². The van der Waals surface area contributed by atoms with E-state index in [-0.39, 0.29) is 5.91 Å². The van der Waals surface area contributed by atoms with Gasteiger partial charge in [-0.25, -0.2) is 4.98 Å². The molecule has 0 radical (unpaired) electrons. The van der Waals surface area contributed by atoms with Crippen molar-refractivity contribution in [2.45, 2.75) is 19.9 Å². The number of para-hydroxylation sites is 2. The molecule has 1 heterocycles. The number of nitrogens with one attached hydrogen (secondary N) is 1. The van der Waals surface area contributed by atoms with Crippen molar-refractivity contribution in [3.8, 4) is 11.5 Å². The Morgan fingerprint density at radius 1 is 1.31 bits per heavy atom. The molecule has 3 rings (SSSR count). The van der Waals surface area contributed by atoms with Gasteiger partial charge in [-0.3, -0.25) is 4.79 Å². The van der Waals surface area contributed by atoms with E-state index in [0.29, 0.717) is 29.7 Å². The predicted octanol–water partition coefficient (Wildman–Crippen LogP) is 4.69. The average Bonchev–Trinajstić information content (AvgIpc) is 3.12. The fraction of sp³-hybridized carbons (Fsp3) is 0.273. The molecule has 0 fully saturated rings. The van der Waals surface area contributed by atoms with E-state index in [1.165, 1.54) is 6.08 Å². The molecule has 7 heteroatoms. The minimum absolute atomic E-state index is 0.146. The van der Waals surface area contributed by atoms with Crippen LogP contribution in [0.15, 0.2) is 42.5 Å². The summed E-state index contributed by atoms with van der Waals surface area (Å²) < 4.78 is 11.0. The van der Waals surface area contributed by atoms with Gasteiger partial charge in [0.2, 0.25) is 5.91 Å². The van der Waals surface area contributed by atoms with Gasteiger partial charge in [-0.15, -0.1) is 0 Å². The first kappa shape index (κ1) is 20.7. The van der Waals surface area contributed by atoms with E-state index in [0.717, 1.165) is 28.8 Å². The lowest BCUT2D eigenvalue weighted by Crippen LogP contribution is -2.24. The molecule has 29 heavy (non-hydrogen) atoms. The minimum atomic E-state index is -0.146. The van der Waals surface area contributed by atoms with Crippen LogP contribution in [0.1, 0.15) is 24.7 Å². The van der Waals surface area contributed by atoms with E-state index in [1.807, 2.05) is 31.2 Å². The molecule has 0 spiro atoms. The van der Waals surface area contributed by atoms with E-state index in [4.69, 9.17) is 21.1 Å². The summed E-state index contributed by atoms with van der Waals surface area (Å²) in [6.45, 7) is 2.95. The molecule has 3 aromatic rings. The van der Waals surface area contributed by atoms with Crippen molar-refractivity contribution in [3.63, 3.8) is 0 Å². The van der Waals surface area contributed by atoms with Crippen molar-refractivity contribution in [2.75, 3.05) is 20.8 Å². The number of hydrogen-bond donors (Lipinski definition) is 1. The second kappa shape index (κ2) is 9.47. The van der Waals surface area contributed by atoms with Gasteiger partial charge in [-0.1, -0.05) is 30.7 Å². The Labute approximate surface area is 175 Å². The van der Waals surface area contributed by atoms with E-state index < -0.39 is 0 Å². The number of likely N-dealkylation sites (N-methyl/N-ethyl adjacent to an activating group) is 1. The second-order valence-corrected chi connectivity index (χ2v) is 7.02. The van der Waals surface area contributed by atoms with Crippen LogP contribution in [0.5, 0.6) is 11.5 Å². The molecular weight excluding hydrogens is 390 g/mol. The van der Waals surface area contributed by atoms with Crippen molar-refractivity contribution in [3.05, 3.63) is 58.9 Å². The number of hydrogen-bond acceptors (Lipinski definition) is 4. The van der Waals surface area contributed by atoms with Crippen molar-refractivity contribution in [2.24, 2.45) is 0 Å². The summed E-state index contributed by atoms with van der Waals surface area (Å²) in [5.41, 5.74) is 2.58. The van der Waals surface area contributed by atoms with Gasteiger partial charge in [0.25, 0.3) is 0 Å². The van der Waals surface area contributed by atoms with Crippen molar-refractivity contribution in [1.82, 2.24) is 14.9 Å². The van der Waals surface area contributed by atoms with Gasteiger partial charge in [0.05, 0.1) is 36.3 Å². The highest BCUT2D eigenvalue weighted by molar-refractivity contribution is 6.32. The molecule has 6 nitrogen and oxygen atoms in total. The van der Waals surface area contributed by atoms with Crippen LogP contribution in [0.4, 0.5) is 0 Å². The zero-order valence-corrected chi connectivity index (χ0v) is 17.5. The summed E-state index contributed by atoms with van der Waals surface area (Å²) in [6, 6.07) is 11.3. The molecule has 152 valence electrons. The zero-order chi connectivity index (χ0) is 20.8. The first-order valence-electron chi connectivity index (χ1n) is 9.39. The molecule has 0 bridgehead atoms.